The molecular formula is C12H15IN2O4. The lowest BCUT2D eigenvalue weighted by atomic mass is 10.0. The van der Waals surface area contributed by atoms with Crippen molar-refractivity contribution in [1.29, 1.82) is 0 Å². The highest BCUT2D eigenvalue weighted by Gasteiger charge is 2.26. The first kappa shape index (κ1) is 15.7. The summed E-state index contributed by atoms with van der Waals surface area (Å²) in [5.74, 6) is -0.941. The molecule has 0 aromatic heterocycles. The molecule has 1 aromatic rings. The lowest BCUT2D eigenvalue weighted by Crippen LogP contribution is -2.45. The Bertz CT molecular complexity index is 511. The molecular weight excluding hydrogens is 363 g/mol. The summed E-state index contributed by atoms with van der Waals surface area (Å²) in [5, 5.41) is 19.7. The number of halogens is 1. The van der Waals surface area contributed by atoms with Crippen molar-refractivity contribution in [3.63, 3.8) is 0 Å². The van der Waals surface area contributed by atoms with Crippen LogP contribution in [0.15, 0.2) is 18.2 Å². The molecule has 0 bridgehead atoms. The van der Waals surface area contributed by atoms with Crippen LogP contribution < -0.4 is 4.90 Å². The van der Waals surface area contributed by atoms with Crippen LogP contribution in [-0.4, -0.2) is 28.1 Å². The summed E-state index contributed by atoms with van der Waals surface area (Å²) in [4.78, 5) is 22.9. The number of nitro groups is 1. The van der Waals surface area contributed by atoms with E-state index >= 15 is 0 Å². The number of hydrogen-bond acceptors (Lipinski definition) is 4. The van der Waals surface area contributed by atoms with Gasteiger partial charge in [-0.1, -0.05) is 0 Å². The van der Waals surface area contributed by atoms with Crippen molar-refractivity contribution in [2.75, 3.05) is 11.4 Å². The van der Waals surface area contributed by atoms with Crippen molar-refractivity contribution in [2.45, 2.75) is 26.3 Å². The molecule has 0 aliphatic rings. The van der Waals surface area contributed by atoms with E-state index in [2.05, 4.69) is 0 Å². The first-order chi connectivity index (χ1) is 8.62. The van der Waals surface area contributed by atoms with Crippen molar-refractivity contribution >= 4 is 39.9 Å². The van der Waals surface area contributed by atoms with Crippen molar-refractivity contribution < 1.29 is 14.8 Å². The molecule has 0 heterocycles. The molecule has 7 heteroatoms. The Morgan fingerprint density at radius 1 is 1.47 bits per heavy atom. The molecule has 1 rings (SSSR count). The number of hydrogen-bond donors (Lipinski definition) is 1. The Balaban J connectivity index is 3.24. The number of carboxylic acid groups (broad SMARTS) is 1. The molecule has 1 aromatic carbocycles. The van der Waals surface area contributed by atoms with E-state index in [-0.39, 0.29) is 12.2 Å². The molecule has 6 nitrogen and oxygen atoms in total. The predicted octanol–water partition coefficient (Wildman–Crippen LogP) is 2.89. The Morgan fingerprint density at radius 3 is 2.42 bits per heavy atom. The monoisotopic (exact) mass is 378 g/mol. The Hall–Kier alpha value is -1.38. The van der Waals surface area contributed by atoms with Crippen LogP contribution in [0.25, 0.3) is 0 Å². The zero-order valence-electron chi connectivity index (χ0n) is 10.9. The number of carboxylic acids is 1. The highest BCUT2D eigenvalue weighted by atomic mass is 127. The number of anilines is 1. The number of nitro benzene ring substituents is 1. The highest BCUT2D eigenvalue weighted by molar-refractivity contribution is 14.1. The summed E-state index contributed by atoms with van der Waals surface area (Å²) in [6.07, 6.45) is 0. The van der Waals surface area contributed by atoms with Crippen molar-refractivity contribution in [1.82, 2.24) is 0 Å². The van der Waals surface area contributed by atoms with Gasteiger partial charge in [-0.25, -0.2) is 0 Å². The summed E-state index contributed by atoms with van der Waals surface area (Å²) in [6, 6.07) is 4.42. The van der Waals surface area contributed by atoms with E-state index in [1.54, 1.807) is 11.0 Å². The van der Waals surface area contributed by atoms with Gasteiger partial charge in [0.15, 0.2) is 0 Å². The topological polar surface area (TPSA) is 83.7 Å². The SMILES string of the molecule is CC(C)(C)N(CC(=O)O)c1ccc([N+](=O)[O-])cc1I. The molecule has 0 unspecified atom stereocenters. The summed E-state index contributed by atoms with van der Waals surface area (Å²) in [7, 11) is 0. The van der Waals surface area contributed by atoms with Gasteiger partial charge in [0.25, 0.3) is 5.69 Å². The third-order valence-corrected chi connectivity index (χ3v) is 3.40. The Kier molecular flexibility index (Phi) is 4.72. The average Bonchev–Trinajstić information content (AvgIpc) is 2.24. The van der Waals surface area contributed by atoms with Gasteiger partial charge in [0, 0.05) is 21.2 Å². The molecule has 0 aliphatic heterocycles. The van der Waals surface area contributed by atoms with Gasteiger partial charge in [-0.3, -0.25) is 14.9 Å². The van der Waals surface area contributed by atoms with Crippen LogP contribution >= 0.6 is 22.6 Å². The van der Waals surface area contributed by atoms with Gasteiger partial charge in [0.2, 0.25) is 0 Å². The third-order valence-electron chi connectivity index (χ3n) is 2.54. The van der Waals surface area contributed by atoms with Gasteiger partial charge in [-0.05, 0) is 49.4 Å². The zero-order chi connectivity index (χ0) is 14.8. The fourth-order valence-corrected chi connectivity index (χ4v) is 2.44. The second-order valence-electron chi connectivity index (χ2n) is 5.04. The number of non-ortho nitro benzene ring substituents is 1. The largest absolute Gasteiger partial charge is 0.480 e. The fourth-order valence-electron chi connectivity index (χ4n) is 1.65. The fraction of sp³-hybridized carbons (Fsp3) is 0.417. The maximum atomic E-state index is 11.0. The van der Waals surface area contributed by atoms with Gasteiger partial charge < -0.3 is 10.0 Å². The van der Waals surface area contributed by atoms with Crippen molar-refractivity contribution in [3.8, 4) is 0 Å². The second-order valence-corrected chi connectivity index (χ2v) is 6.21. The van der Waals surface area contributed by atoms with Crippen molar-refractivity contribution in [3.05, 3.63) is 31.9 Å². The van der Waals surface area contributed by atoms with E-state index in [1.165, 1.54) is 12.1 Å². The normalized spacial score (nSPS) is 11.2. The van der Waals surface area contributed by atoms with Gasteiger partial charge in [-0.15, -0.1) is 0 Å². The number of aliphatic carboxylic acids is 1. The standard InChI is InChI=1S/C12H15IN2O4/c1-12(2,3)14(7-11(16)17)10-5-4-8(15(18)19)6-9(10)13/h4-6H,7H2,1-3H3,(H,16,17). The minimum Gasteiger partial charge on any atom is -0.480 e. The molecule has 0 radical (unpaired) electrons. The first-order valence-electron chi connectivity index (χ1n) is 5.56. The maximum absolute atomic E-state index is 11.0. The minimum absolute atomic E-state index is 0.00247. The lowest BCUT2D eigenvalue weighted by molar-refractivity contribution is -0.384. The van der Waals surface area contributed by atoms with E-state index in [4.69, 9.17) is 5.11 Å². The summed E-state index contributed by atoms with van der Waals surface area (Å²) in [6.45, 7) is 5.53. The number of benzene rings is 1. The first-order valence-corrected chi connectivity index (χ1v) is 6.64. The third kappa shape index (κ3) is 4.05. The van der Waals surface area contributed by atoms with Crippen LogP contribution in [0, 0.1) is 13.7 Å². The molecule has 104 valence electrons. The maximum Gasteiger partial charge on any atom is 0.323 e. The van der Waals surface area contributed by atoms with Gasteiger partial charge in [0.1, 0.15) is 6.54 Å². The zero-order valence-corrected chi connectivity index (χ0v) is 13.0. The molecule has 1 N–H and O–H groups in total. The highest BCUT2D eigenvalue weighted by Crippen LogP contribution is 2.31. The molecule has 19 heavy (non-hydrogen) atoms. The van der Waals surface area contributed by atoms with E-state index in [0.717, 1.165) is 0 Å². The van der Waals surface area contributed by atoms with E-state index in [9.17, 15) is 14.9 Å². The lowest BCUT2D eigenvalue weighted by Gasteiger charge is -2.37. The Morgan fingerprint density at radius 2 is 2.05 bits per heavy atom. The summed E-state index contributed by atoms with van der Waals surface area (Å²) >= 11 is 1.98. The smallest absolute Gasteiger partial charge is 0.323 e. The van der Waals surface area contributed by atoms with Crippen molar-refractivity contribution in [2.24, 2.45) is 0 Å². The minimum atomic E-state index is -0.941. The van der Waals surface area contributed by atoms with Crippen LogP contribution in [0.4, 0.5) is 11.4 Å². The van der Waals surface area contributed by atoms with E-state index in [0.29, 0.717) is 9.26 Å². The van der Waals surface area contributed by atoms with Crippen LogP contribution in [0.5, 0.6) is 0 Å². The Labute approximate surface area is 124 Å². The molecule has 0 amide bonds. The second kappa shape index (κ2) is 5.72. The van der Waals surface area contributed by atoms with Gasteiger partial charge in [-0.2, -0.15) is 0 Å². The molecule has 0 atom stereocenters. The van der Waals surface area contributed by atoms with E-state index < -0.39 is 16.4 Å². The van der Waals surface area contributed by atoms with Crippen LogP contribution in [-0.2, 0) is 4.79 Å². The molecule has 0 saturated heterocycles. The van der Waals surface area contributed by atoms with Gasteiger partial charge in [0.05, 0.1) is 10.6 Å². The average molecular weight is 378 g/mol. The van der Waals surface area contributed by atoms with Crippen LogP contribution in [0.2, 0.25) is 0 Å². The molecule has 0 saturated carbocycles. The number of carbonyl (C=O) groups is 1. The molecule has 0 aliphatic carbocycles. The number of nitrogens with zero attached hydrogens (tertiary/aromatic N) is 2. The van der Waals surface area contributed by atoms with Gasteiger partial charge >= 0.3 is 5.97 Å². The predicted molar refractivity (Wildman–Crippen MR) is 80.5 cm³/mol. The van der Waals surface area contributed by atoms with Crippen LogP contribution in [0.1, 0.15) is 20.8 Å². The molecule has 0 spiro atoms. The number of rotatable bonds is 4. The van der Waals surface area contributed by atoms with Crippen LogP contribution in [0.3, 0.4) is 0 Å². The van der Waals surface area contributed by atoms with E-state index in [1.807, 2.05) is 43.4 Å². The quantitative estimate of drug-likeness (QED) is 0.495. The molecule has 0 fully saturated rings. The summed E-state index contributed by atoms with van der Waals surface area (Å²) in [5.41, 5.74) is 0.285. The summed E-state index contributed by atoms with van der Waals surface area (Å²) < 4.78 is 0.656.